The van der Waals surface area contributed by atoms with Gasteiger partial charge in [-0.15, -0.1) is 0 Å². The highest BCUT2D eigenvalue weighted by Crippen LogP contribution is 2.20. The molecule has 2 rings (SSSR count). The number of aromatic nitrogens is 2. The quantitative estimate of drug-likeness (QED) is 0.648. The largest absolute Gasteiger partial charge is 0.364 e. The lowest BCUT2D eigenvalue weighted by molar-refractivity contribution is 0.112. The summed E-state index contributed by atoms with van der Waals surface area (Å²) in [5.41, 5.74) is 2.10. The fourth-order valence-electron chi connectivity index (χ4n) is 1.10. The van der Waals surface area contributed by atoms with Crippen LogP contribution in [0.5, 0.6) is 0 Å². The summed E-state index contributed by atoms with van der Waals surface area (Å²) in [6.07, 6.45) is 6.94. The van der Waals surface area contributed by atoms with Crippen molar-refractivity contribution in [3.8, 4) is 11.1 Å². The van der Waals surface area contributed by atoms with Crippen molar-refractivity contribution in [1.82, 2.24) is 10.1 Å². The van der Waals surface area contributed by atoms with Crippen LogP contribution in [0.15, 0.2) is 35.4 Å². The van der Waals surface area contributed by atoms with E-state index >= 15 is 0 Å². The zero-order chi connectivity index (χ0) is 9.10. The average Bonchev–Trinajstić information content (AvgIpc) is 2.70. The zero-order valence-corrected chi connectivity index (χ0v) is 6.68. The third-order valence-corrected chi connectivity index (χ3v) is 1.72. The van der Waals surface area contributed by atoms with Gasteiger partial charge in [0, 0.05) is 29.1 Å². The van der Waals surface area contributed by atoms with E-state index in [4.69, 9.17) is 0 Å². The fourth-order valence-corrected chi connectivity index (χ4v) is 1.10. The van der Waals surface area contributed by atoms with Gasteiger partial charge in [0.1, 0.15) is 6.26 Å². The highest BCUT2D eigenvalue weighted by atomic mass is 16.5. The van der Waals surface area contributed by atoms with E-state index in [1.54, 1.807) is 18.5 Å². The van der Waals surface area contributed by atoms with Gasteiger partial charge in [0.25, 0.3) is 0 Å². The molecule has 0 N–H and O–H groups in total. The van der Waals surface area contributed by atoms with Crippen LogP contribution in [0.25, 0.3) is 11.1 Å². The first-order chi connectivity index (χ1) is 6.42. The molecule has 0 radical (unpaired) electrons. The second-order valence-corrected chi connectivity index (χ2v) is 2.49. The molecule has 0 spiro atoms. The Hall–Kier alpha value is -1.97. The third kappa shape index (κ3) is 1.33. The van der Waals surface area contributed by atoms with Crippen molar-refractivity contribution in [2.75, 3.05) is 0 Å². The molecule has 0 aromatic carbocycles. The molecule has 0 unspecified atom stereocenters. The van der Waals surface area contributed by atoms with E-state index in [1.165, 1.54) is 12.5 Å². The van der Waals surface area contributed by atoms with Crippen molar-refractivity contribution in [1.29, 1.82) is 0 Å². The van der Waals surface area contributed by atoms with Crippen molar-refractivity contribution < 1.29 is 9.32 Å². The first-order valence-electron chi connectivity index (χ1n) is 3.71. The topological polar surface area (TPSA) is 56.0 Å². The van der Waals surface area contributed by atoms with Gasteiger partial charge in [0.15, 0.2) is 6.29 Å². The molecular weight excluding hydrogens is 168 g/mol. The molecule has 2 aromatic heterocycles. The van der Waals surface area contributed by atoms with Gasteiger partial charge in [-0.2, -0.15) is 0 Å². The highest BCUT2D eigenvalue weighted by Gasteiger charge is 2.05. The van der Waals surface area contributed by atoms with Crippen molar-refractivity contribution in [2.24, 2.45) is 0 Å². The van der Waals surface area contributed by atoms with E-state index in [0.29, 0.717) is 5.56 Å². The Morgan fingerprint density at radius 1 is 1.38 bits per heavy atom. The lowest BCUT2D eigenvalue weighted by atomic mass is 10.1. The number of hydrogen-bond donors (Lipinski definition) is 0. The summed E-state index contributed by atoms with van der Waals surface area (Å²) in [5, 5.41) is 3.56. The molecular formula is C9H6N2O2. The standard InChI is InChI=1S/C9H6N2O2/c12-5-7-3-10-2-1-9(7)8-4-11-13-6-8/h1-6H. The summed E-state index contributed by atoms with van der Waals surface area (Å²) >= 11 is 0. The van der Waals surface area contributed by atoms with Crippen LogP contribution >= 0.6 is 0 Å². The first-order valence-corrected chi connectivity index (χ1v) is 3.71. The molecule has 0 atom stereocenters. The number of aldehydes is 1. The van der Waals surface area contributed by atoms with Crippen LogP contribution in [0, 0.1) is 0 Å². The molecule has 0 aliphatic heterocycles. The molecule has 13 heavy (non-hydrogen) atoms. The molecule has 2 aromatic rings. The number of carbonyl (C=O) groups excluding carboxylic acids is 1. The SMILES string of the molecule is O=Cc1cnccc1-c1cnoc1. The van der Waals surface area contributed by atoms with E-state index in [-0.39, 0.29) is 0 Å². The van der Waals surface area contributed by atoms with E-state index in [0.717, 1.165) is 17.4 Å². The summed E-state index contributed by atoms with van der Waals surface area (Å²) in [4.78, 5) is 14.5. The number of hydrogen-bond acceptors (Lipinski definition) is 4. The third-order valence-electron chi connectivity index (χ3n) is 1.72. The molecule has 4 heteroatoms. The van der Waals surface area contributed by atoms with E-state index in [1.807, 2.05) is 0 Å². The Kier molecular flexibility index (Phi) is 1.88. The van der Waals surface area contributed by atoms with Crippen LogP contribution in [0.4, 0.5) is 0 Å². The summed E-state index contributed by atoms with van der Waals surface area (Å²) in [5.74, 6) is 0. The van der Waals surface area contributed by atoms with Gasteiger partial charge in [-0.05, 0) is 6.07 Å². The molecule has 0 amide bonds. The predicted octanol–water partition coefficient (Wildman–Crippen LogP) is 1.55. The van der Waals surface area contributed by atoms with Crippen LogP contribution in [-0.2, 0) is 0 Å². The summed E-state index contributed by atoms with van der Waals surface area (Å²) in [7, 11) is 0. The molecule has 0 aliphatic carbocycles. The number of rotatable bonds is 2. The Morgan fingerprint density at radius 2 is 2.31 bits per heavy atom. The van der Waals surface area contributed by atoms with Crippen LogP contribution in [0.3, 0.4) is 0 Å². The summed E-state index contributed by atoms with van der Waals surface area (Å²) in [6.45, 7) is 0. The number of nitrogens with zero attached hydrogens (tertiary/aromatic N) is 2. The second-order valence-electron chi connectivity index (χ2n) is 2.49. The molecule has 0 saturated heterocycles. The van der Waals surface area contributed by atoms with Crippen molar-refractivity contribution in [3.63, 3.8) is 0 Å². The van der Waals surface area contributed by atoms with Gasteiger partial charge in [-0.3, -0.25) is 9.78 Å². The molecule has 0 bridgehead atoms. The van der Waals surface area contributed by atoms with Crippen LogP contribution in [0.1, 0.15) is 10.4 Å². The van der Waals surface area contributed by atoms with Crippen molar-refractivity contribution in [2.45, 2.75) is 0 Å². The van der Waals surface area contributed by atoms with Crippen molar-refractivity contribution in [3.05, 3.63) is 36.5 Å². The average molecular weight is 174 g/mol. The number of carbonyl (C=O) groups is 1. The Morgan fingerprint density at radius 3 is 3.00 bits per heavy atom. The molecule has 64 valence electrons. The van der Waals surface area contributed by atoms with Gasteiger partial charge >= 0.3 is 0 Å². The zero-order valence-electron chi connectivity index (χ0n) is 6.68. The lowest BCUT2D eigenvalue weighted by Gasteiger charge is -1.97. The van der Waals surface area contributed by atoms with Gasteiger partial charge in [-0.25, -0.2) is 0 Å². The number of pyridine rings is 1. The molecule has 2 heterocycles. The smallest absolute Gasteiger partial charge is 0.152 e. The minimum absolute atomic E-state index is 0.533. The normalized spacial score (nSPS) is 9.85. The lowest BCUT2D eigenvalue weighted by Crippen LogP contribution is -1.86. The van der Waals surface area contributed by atoms with E-state index in [9.17, 15) is 4.79 Å². The molecule has 0 fully saturated rings. The maximum Gasteiger partial charge on any atom is 0.152 e. The molecule has 0 saturated carbocycles. The molecule has 4 nitrogen and oxygen atoms in total. The second kappa shape index (κ2) is 3.18. The minimum atomic E-state index is 0.533. The van der Waals surface area contributed by atoms with Gasteiger partial charge in [0.05, 0.1) is 6.20 Å². The maximum absolute atomic E-state index is 10.6. The van der Waals surface area contributed by atoms with Crippen LogP contribution in [0.2, 0.25) is 0 Å². The first kappa shape index (κ1) is 7.67. The fraction of sp³-hybridized carbons (Fsp3) is 0. The van der Waals surface area contributed by atoms with Gasteiger partial charge < -0.3 is 4.52 Å². The maximum atomic E-state index is 10.6. The summed E-state index contributed by atoms with van der Waals surface area (Å²) < 4.78 is 4.68. The van der Waals surface area contributed by atoms with E-state index < -0.39 is 0 Å². The van der Waals surface area contributed by atoms with Crippen LogP contribution < -0.4 is 0 Å². The highest BCUT2D eigenvalue weighted by molar-refractivity contribution is 5.86. The van der Waals surface area contributed by atoms with E-state index in [2.05, 4.69) is 14.7 Å². The monoisotopic (exact) mass is 174 g/mol. The van der Waals surface area contributed by atoms with Crippen molar-refractivity contribution >= 4 is 6.29 Å². The predicted molar refractivity (Wildman–Crippen MR) is 45.1 cm³/mol. The minimum Gasteiger partial charge on any atom is -0.364 e. The van der Waals surface area contributed by atoms with Gasteiger partial charge in [-0.1, -0.05) is 5.16 Å². The Balaban J connectivity index is 2.57. The Labute approximate surface area is 74.2 Å². The van der Waals surface area contributed by atoms with Crippen LogP contribution in [-0.4, -0.2) is 16.4 Å². The van der Waals surface area contributed by atoms with Gasteiger partial charge in [0.2, 0.25) is 0 Å². The Bertz CT molecular complexity index is 409. The molecule has 0 aliphatic rings. The summed E-state index contributed by atoms with van der Waals surface area (Å²) in [6, 6.07) is 1.75.